The van der Waals surface area contributed by atoms with E-state index in [0.717, 1.165) is 23.5 Å². The molecular formula is C27H13Cl3F11N3O3. The van der Waals surface area contributed by atoms with Crippen molar-refractivity contribution in [3.8, 4) is 0 Å². The van der Waals surface area contributed by atoms with Gasteiger partial charge in [-0.3, -0.25) is 14.4 Å². The van der Waals surface area contributed by atoms with Crippen molar-refractivity contribution < 1.29 is 62.7 Å². The third-order valence-electron chi connectivity index (χ3n) is 6.62. The number of nitrogens with one attached hydrogen (secondary N) is 3. The van der Waals surface area contributed by atoms with Crippen LogP contribution in [0.15, 0.2) is 48.5 Å². The van der Waals surface area contributed by atoms with Crippen LogP contribution >= 0.6 is 34.8 Å². The molecule has 0 spiro atoms. The van der Waals surface area contributed by atoms with Crippen molar-refractivity contribution in [1.29, 1.82) is 0 Å². The van der Waals surface area contributed by atoms with Crippen molar-refractivity contribution in [2.45, 2.75) is 28.8 Å². The maximum Gasteiger partial charge on any atom is 0.471 e. The number of anilines is 3. The smallest absolute Gasteiger partial charge is 0.326 e. The molecule has 3 N–H and O–H groups in total. The van der Waals surface area contributed by atoms with Gasteiger partial charge in [-0.15, -0.1) is 23.2 Å². The molecule has 252 valence electrons. The van der Waals surface area contributed by atoms with E-state index < -0.39 is 97.7 Å². The van der Waals surface area contributed by atoms with Crippen molar-refractivity contribution in [2.24, 2.45) is 5.92 Å². The van der Waals surface area contributed by atoms with Crippen LogP contribution in [0, 0.1) is 17.6 Å². The van der Waals surface area contributed by atoms with Gasteiger partial charge >= 0.3 is 24.4 Å². The summed E-state index contributed by atoms with van der Waals surface area (Å²) < 4.78 is 144. The molecule has 3 aromatic carbocycles. The van der Waals surface area contributed by atoms with Gasteiger partial charge in [0.2, 0.25) is 5.91 Å². The van der Waals surface area contributed by atoms with Gasteiger partial charge in [0.05, 0.1) is 33.3 Å². The minimum atomic E-state index is -5.51. The lowest BCUT2D eigenvalue weighted by Gasteiger charge is -2.14. The molecule has 1 aliphatic rings. The minimum absolute atomic E-state index is 0.122. The van der Waals surface area contributed by atoms with Crippen LogP contribution in [0.25, 0.3) is 0 Å². The van der Waals surface area contributed by atoms with Crippen molar-refractivity contribution in [3.63, 3.8) is 0 Å². The summed E-state index contributed by atoms with van der Waals surface area (Å²) in [7, 11) is 0. The van der Waals surface area contributed by atoms with Crippen LogP contribution in [0.3, 0.4) is 0 Å². The van der Waals surface area contributed by atoms with Gasteiger partial charge in [0.15, 0.2) is 5.82 Å². The first-order valence-electron chi connectivity index (χ1n) is 12.4. The Morgan fingerprint density at radius 1 is 0.745 bits per heavy atom. The Labute approximate surface area is 270 Å². The summed E-state index contributed by atoms with van der Waals surface area (Å²) in [5, 5.41) is 4.79. The molecule has 3 aromatic rings. The van der Waals surface area contributed by atoms with Crippen molar-refractivity contribution in [2.75, 3.05) is 16.0 Å². The zero-order valence-corrected chi connectivity index (χ0v) is 24.6. The van der Waals surface area contributed by atoms with Crippen LogP contribution < -0.4 is 16.0 Å². The van der Waals surface area contributed by atoms with E-state index in [-0.39, 0.29) is 16.8 Å². The molecule has 0 saturated heterocycles. The first-order valence-corrected chi connectivity index (χ1v) is 13.5. The maximum absolute atomic E-state index is 14.8. The topological polar surface area (TPSA) is 87.3 Å². The molecule has 0 aromatic heterocycles. The Morgan fingerprint density at radius 2 is 1.32 bits per heavy atom. The number of rotatable bonds is 6. The molecule has 0 aliphatic heterocycles. The van der Waals surface area contributed by atoms with E-state index in [2.05, 4.69) is 5.32 Å². The van der Waals surface area contributed by atoms with Gasteiger partial charge in [0.25, 0.3) is 5.91 Å². The lowest BCUT2D eigenvalue weighted by Crippen LogP contribution is -2.31. The van der Waals surface area contributed by atoms with Crippen LogP contribution in [-0.2, 0) is 21.9 Å². The third kappa shape index (κ3) is 7.67. The second-order valence-corrected chi connectivity index (χ2v) is 11.7. The number of amides is 3. The lowest BCUT2D eigenvalue weighted by atomic mass is 10.0. The van der Waals surface area contributed by atoms with Crippen molar-refractivity contribution >= 4 is 69.6 Å². The molecule has 4 rings (SSSR count). The predicted molar refractivity (Wildman–Crippen MR) is 146 cm³/mol. The van der Waals surface area contributed by atoms with E-state index in [4.69, 9.17) is 34.8 Å². The summed E-state index contributed by atoms with van der Waals surface area (Å²) in [6, 6.07) is 4.67. The van der Waals surface area contributed by atoms with Gasteiger partial charge in [0, 0.05) is 11.6 Å². The largest absolute Gasteiger partial charge is 0.471 e. The van der Waals surface area contributed by atoms with Gasteiger partial charge in [-0.2, -0.15) is 39.5 Å². The first kappa shape index (κ1) is 36.0. The molecule has 0 heterocycles. The second-order valence-electron chi connectivity index (χ2n) is 9.84. The summed E-state index contributed by atoms with van der Waals surface area (Å²) >= 11 is 18.2. The molecule has 1 aliphatic carbocycles. The van der Waals surface area contributed by atoms with Crippen LogP contribution in [-0.4, -0.2) is 28.2 Å². The number of carbonyl (C=O) groups excluding carboxylic acids is 3. The predicted octanol–water partition coefficient (Wildman–Crippen LogP) is 8.93. The third-order valence-corrected chi connectivity index (χ3v) is 7.89. The molecule has 1 fully saturated rings. The van der Waals surface area contributed by atoms with E-state index in [1.807, 2.05) is 5.32 Å². The highest BCUT2D eigenvalue weighted by atomic mass is 35.5. The number of halogens is 14. The minimum Gasteiger partial charge on any atom is -0.326 e. The van der Waals surface area contributed by atoms with Crippen LogP contribution in [0.4, 0.5) is 65.4 Å². The van der Waals surface area contributed by atoms with Gasteiger partial charge in [-0.25, -0.2) is 8.78 Å². The van der Waals surface area contributed by atoms with E-state index in [9.17, 15) is 62.7 Å². The summed E-state index contributed by atoms with van der Waals surface area (Å²) in [5.41, 5.74) is -7.19. The van der Waals surface area contributed by atoms with Crippen LogP contribution in [0.2, 0.25) is 5.02 Å². The molecule has 47 heavy (non-hydrogen) atoms. The Balaban J connectivity index is 1.56. The standard InChI is InChI=1S/C27H13Cl3F11N3O3/c28-14-2-1-12(8-13(14)21(45)43-16-4-3-15(31)20(19(16)32)44-23(47)27(39,40)41)42-22(46)18-17(24(18,29)30)9-5-10(25(33,34)35)7-11(6-9)26(36,37)38/h1-8,17-18H,(H,42,46)(H,43,45)(H,44,47). The zero-order chi connectivity index (χ0) is 35.4. The quantitative estimate of drug-likeness (QED) is 0.174. The number of alkyl halides is 11. The molecule has 3 amide bonds. The SMILES string of the molecule is O=C(Nc1ccc(F)c(NC(=O)C(F)(F)F)c1F)c1cc(NC(=O)C2C(c3cc(C(F)(F)F)cc(C(F)(F)F)c3)C2(Cl)Cl)ccc1Cl. The maximum atomic E-state index is 14.8. The number of hydrogen-bond acceptors (Lipinski definition) is 3. The zero-order valence-electron chi connectivity index (χ0n) is 22.3. The van der Waals surface area contributed by atoms with Crippen molar-refractivity contribution in [3.05, 3.63) is 87.4 Å². The normalized spacial score (nSPS) is 17.6. The average Bonchev–Trinajstić information content (AvgIpc) is 3.53. The molecule has 20 heteroatoms. The van der Waals surface area contributed by atoms with Gasteiger partial charge in [-0.1, -0.05) is 11.6 Å². The molecule has 6 nitrogen and oxygen atoms in total. The number of benzene rings is 3. The molecule has 0 bridgehead atoms. The van der Waals surface area contributed by atoms with E-state index in [1.54, 1.807) is 0 Å². The second kappa shape index (κ2) is 12.3. The fourth-order valence-electron chi connectivity index (χ4n) is 4.36. The van der Waals surface area contributed by atoms with Gasteiger partial charge in [0.1, 0.15) is 15.8 Å². The Kier molecular flexibility index (Phi) is 9.44. The molecule has 2 unspecified atom stereocenters. The molecule has 0 radical (unpaired) electrons. The van der Waals surface area contributed by atoms with Crippen LogP contribution in [0.1, 0.15) is 33.0 Å². The summed E-state index contributed by atoms with van der Waals surface area (Å²) in [6.45, 7) is 0. The molecule has 1 saturated carbocycles. The summed E-state index contributed by atoms with van der Waals surface area (Å²) in [5.74, 6) is -11.6. The van der Waals surface area contributed by atoms with Crippen molar-refractivity contribution in [1.82, 2.24) is 0 Å². The Bertz CT molecular complexity index is 1740. The summed E-state index contributed by atoms with van der Waals surface area (Å²) in [6.07, 6.45) is -15.9. The number of hydrogen-bond donors (Lipinski definition) is 3. The fourth-order valence-corrected chi connectivity index (χ4v) is 5.39. The Hall–Kier alpha value is -3.83. The lowest BCUT2D eigenvalue weighted by molar-refractivity contribution is -0.167. The number of carbonyl (C=O) groups is 3. The molecular weight excluding hydrogens is 730 g/mol. The van der Waals surface area contributed by atoms with E-state index in [0.29, 0.717) is 24.3 Å². The van der Waals surface area contributed by atoms with E-state index in [1.165, 1.54) is 0 Å². The van der Waals surface area contributed by atoms with Crippen LogP contribution in [0.5, 0.6) is 0 Å². The van der Waals surface area contributed by atoms with Gasteiger partial charge < -0.3 is 16.0 Å². The highest BCUT2D eigenvalue weighted by Gasteiger charge is 2.68. The van der Waals surface area contributed by atoms with E-state index >= 15 is 0 Å². The Morgan fingerprint density at radius 3 is 1.85 bits per heavy atom. The highest BCUT2D eigenvalue weighted by molar-refractivity contribution is 6.53. The highest BCUT2D eigenvalue weighted by Crippen LogP contribution is 2.65. The average molecular weight is 743 g/mol. The van der Waals surface area contributed by atoms with Gasteiger partial charge in [-0.05, 0) is 54.1 Å². The molecule has 2 atom stereocenters. The monoisotopic (exact) mass is 741 g/mol. The first-order chi connectivity index (χ1) is 21.4. The summed E-state index contributed by atoms with van der Waals surface area (Å²) in [4.78, 5) is 37.0. The fraction of sp³-hybridized carbons (Fsp3) is 0.222.